The van der Waals surface area contributed by atoms with Crippen LogP contribution in [0.3, 0.4) is 0 Å². The molecule has 0 amide bonds. The summed E-state index contributed by atoms with van der Waals surface area (Å²) in [4.78, 5) is 0. The first-order chi connectivity index (χ1) is 10.0. The molecule has 0 aromatic heterocycles. The zero-order chi connectivity index (χ0) is 15.4. The molecule has 0 fully saturated rings. The minimum Gasteiger partial charge on any atom is -0.313 e. The van der Waals surface area contributed by atoms with Gasteiger partial charge in [-0.2, -0.15) is 0 Å². The van der Waals surface area contributed by atoms with Crippen LogP contribution in [-0.4, -0.2) is 6.54 Å². The van der Waals surface area contributed by atoms with Crippen molar-refractivity contribution in [3.63, 3.8) is 0 Å². The summed E-state index contributed by atoms with van der Waals surface area (Å²) in [5, 5.41) is 3.81. The fourth-order valence-corrected chi connectivity index (χ4v) is 2.37. The molecule has 2 aromatic rings. The molecule has 0 aliphatic heterocycles. The van der Waals surface area contributed by atoms with E-state index in [2.05, 4.69) is 12.2 Å². The Bertz CT molecular complexity index is 641. The number of benzene rings is 2. The van der Waals surface area contributed by atoms with Crippen LogP contribution < -0.4 is 5.32 Å². The molecule has 2 aromatic carbocycles. The van der Waals surface area contributed by atoms with Gasteiger partial charge in [-0.1, -0.05) is 30.7 Å². The number of aryl methyl sites for hydroxylation is 1. The van der Waals surface area contributed by atoms with Crippen molar-refractivity contribution in [2.24, 2.45) is 0 Å². The quantitative estimate of drug-likeness (QED) is 0.758. The lowest BCUT2D eigenvalue weighted by Crippen LogP contribution is -2.14. The van der Waals surface area contributed by atoms with E-state index in [9.17, 15) is 8.78 Å². The van der Waals surface area contributed by atoms with Crippen molar-refractivity contribution in [1.29, 1.82) is 0 Å². The Kier molecular flexibility index (Phi) is 5.32. The maximum Gasteiger partial charge on any atom is 0.131 e. The first kappa shape index (κ1) is 15.9. The molecule has 0 spiro atoms. The summed E-state index contributed by atoms with van der Waals surface area (Å²) in [6.07, 6.45) is 1.05. The fourth-order valence-electron chi connectivity index (χ4n) is 2.13. The van der Waals surface area contributed by atoms with Gasteiger partial charge in [-0.3, -0.25) is 0 Å². The van der Waals surface area contributed by atoms with E-state index < -0.39 is 11.6 Å². The van der Waals surface area contributed by atoms with Crippen LogP contribution in [0.2, 0.25) is 5.02 Å². The van der Waals surface area contributed by atoms with Crippen molar-refractivity contribution < 1.29 is 8.78 Å². The highest BCUT2D eigenvalue weighted by Gasteiger charge is 2.11. The second-order valence-corrected chi connectivity index (χ2v) is 5.47. The predicted octanol–water partition coefficient (Wildman–Crippen LogP) is 5.09. The van der Waals surface area contributed by atoms with Gasteiger partial charge in [-0.05, 0) is 54.8 Å². The van der Waals surface area contributed by atoms with E-state index in [1.54, 1.807) is 12.1 Å². The maximum atomic E-state index is 14.0. The van der Waals surface area contributed by atoms with Crippen LogP contribution in [0.15, 0.2) is 30.3 Å². The molecule has 0 radical (unpaired) electrons. The predicted molar refractivity (Wildman–Crippen MR) is 83.5 cm³/mol. The van der Waals surface area contributed by atoms with Crippen molar-refractivity contribution in [3.05, 3.63) is 58.1 Å². The molecule has 0 aliphatic carbocycles. The van der Waals surface area contributed by atoms with Gasteiger partial charge in [0, 0.05) is 17.1 Å². The summed E-state index contributed by atoms with van der Waals surface area (Å²) in [5.74, 6) is -0.863. The van der Waals surface area contributed by atoms with Gasteiger partial charge in [0.15, 0.2) is 0 Å². The Morgan fingerprint density at radius 3 is 2.52 bits per heavy atom. The summed E-state index contributed by atoms with van der Waals surface area (Å²) in [5.41, 5.74) is 2.05. The number of hydrogen-bond donors (Lipinski definition) is 1. The minimum absolute atomic E-state index is 0.230. The molecule has 0 atom stereocenters. The normalized spacial score (nSPS) is 10.9. The van der Waals surface area contributed by atoms with Gasteiger partial charge in [0.2, 0.25) is 0 Å². The van der Waals surface area contributed by atoms with Crippen molar-refractivity contribution in [3.8, 4) is 11.1 Å². The molecule has 0 saturated heterocycles. The zero-order valence-electron chi connectivity index (χ0n) is 12.1. The third kappa shape index (κ3) is 3.80. The topological polar surface area (TPSA) is 12.0 Å². The summed E-state index contributed by atoms with van der Waals surface area (Å²) in [6.45, 7) is 5.21. The molecule has 4 heteroatoms. The Hall–Kier alpha value is -1.45. The highest BCUT2D eigenvalue weighted by atomic mass is 35.5. The molecule has 0 bridgehead atoms. The molecular formula is C17H18ClF2N. The van der Waals surface area contributed by atoms with Crippen LogP contribution in [0.4, 0.5) is 8.78 Å². The molecule has 1 nitrogen and oxygen atoms in total. The van der Waals surface area contributed by atoms with Gasteiger partial charge in [0.1, 0.15) is 11.6 Å². The number of hydrogen-bond acceptors (Lipinski definition) is 1. The van der Waals surface area contributed by atoms with Crippen LogP contribution in [0.5, 0.6) is 0 Å². The molecule has 21 heavy (non-hydrogen) atoms. The van der Waals surface area contributed by atoms with Gasteiger partial charge < -0.3 is 5.32 Å². The number of halogens is 3. The van der Waals surface area contributed by atoms with Gasteiger partial charge in [-0.25, -0.2) is 8.78 Å². The van der Waals surface area contributed by atoms with Crippen LogP contribution in [0, 0.1) is 18.6 Å². The van der Waals surface area contributed by atoms with Gasteiger partial charge in [-0.15, -0.1) is 0 Å². The standard InChI is InChI=1S/C17H18ClF2N/c1-3-6-21-10-13-5-4-12(8-15(13)18)14-9-16(19)11(2)7-17(14)20/h4-5,7-9,21H,3,6,10H2,1-2H3. The third-order valence-electron chi connectivity index (χ3n) is 3.35. The van der Waals surface area contributed by atoms with E-state index in [-0.39, 0.29) is 5.56 Å². The number of rotatable bonds is 5. The Balaban J connectivity index is 2.30. The van der Waals surface area contributed by atoms with E-state index in [1.165, 1.54) is 19.1 Å². The molecule has 112 valence electrons. The number of nitrogens with one attached hydrogen (secondary N) is 1. The largest absolute Gasteiger partial charge is 0.313 e. The average Bonchev–Trinajstić information content (AvgIpc) is 2.45. The first-order valence-corrected chi connectivity index (χ1v) is 7.36. The lowest BCUT2D eigenvalue weighted by Gasteiger charge is -2.10. The minimum atomic E-state index is -0.443. The van der Waals surface area contributed by atoms with E-state index in [1.807, 2.05) is 6.07 Å². The van der Waals surface area contributed by atoms with Crippen molar-refractivity contribution in [1.82, 2.24) is 5.32 Å². The van der Waals surface area contributed by atoms with E-state index in [0.29, 0.717) is 22.7 Å². The van der Waals surface area contributed by atoms with Crippen molar-refractivity contribution >= 4 is 11.6 Å². The third-order valence-corrected chi connectivity index (χ3v) is 3.71. The lowest BCUT2D eigenvalue weighted by molar-refractivity contribution is 0.595. The van der Waals surface area contributed by atoms with Crippen LogP contribution >= 0.6 is 11.6 Å². The monoisotopic (exact) mass is 309 g/mol. The fraction of sp³-hybridized carbons (Fsp3) is 0.294. The Labute approximate surface area is 128 Å². The molecule has 0 heterocycles. The lowest BCUT2D eigenvalue weighted by atomic mass is 10.0. The van der Waals surface area contributed by atoms with Crippen LogP contribution in [0.25, 0.3) is 11.1 Å². The molecule has 0 aliphatic rings. The molecular weight excluding hydrogens is 292 g/mol. The maximum absolute atomic E-state index is 14.0. The summed E-state index contributed by atoms with van der Waals surface area (Å²) < 4.78 is 27.6. The van der Waals surface area contributed by atoms with Crippen LogP contribution in [-0.2, 0) is 6.54 Å². The molecule has 1 N–H and O–H groups in total. The summed E-state index contributed by atoms with van der Waals surface area (Å²) >= 11 is 6.23. The smallest absolute Gasteiger partial charge is 0.131 e. The van der Waals surface area contributed by atoms with Gasteiger partial charge in [0.05, 0.1) is 0 Å². The molecule has 0 saturated carbocycles. The molecule has 2 rings (SSSR count). The second kappa shape index (κ2) is 7.01. The summed E-state index contributed by atoms with van der Waals surface area (Å²) in [7, 11) is 0. The first-order valence-electron chi connectivity index (χ1n) is 6.98. The van der Waals surface area contributed by atoms with Gasteiger partial charge in [0.25, 0.3) is 0 Å². The zero-order valence-corrected chi connectivity index (χ0v) is 12.9. The van der Waals surface area contributed by atoms with E-state index in [4.69, 9.17) is 11.6 Å². The van der Waals surface area contributed by atoms with Crippen molar-refractivity contribution in [2.75, 3.05) is 6.54 Å². The van der Waals surface area contributed by atoms with Crippen molar-refractivity contribution in [2.45, 2.75) is 26.8 Å². The summed E-state index contributed by atoms with van der Waals surface area (Å²) in [6, 6.07) is 7.71. The van der Waals surface area contributed by atoms with Crippen LogP contribution in [0.1, 0.15) is 24.5 Å². The van der Waals surface area contributed by atoms with E-state index >= 15 is 0 Å². The highest BCUT2D eigenvalue weighted by molar-refractivity contribution is 6.31. The second-order valence-electron chi connectivity index (χ2n) is 5.06. The Morgan fingerprint density at radius 1 is 1.10 bits per heavy atom. The molecule has 0 unspecified atom stereocenters. The SMILES string of the molecule is CCCNCc1ccc(-c2cc(F)c(C)cc2F)cc1Cl. The average molecular weight is 310 g/mol. The van der Waals surface area contributed by atoms with E-state index in [0.717, 1.165) is 18.5 Å². The Morgan fingerprint density at radius 2 is 1.86 bits per heavy atom. The highest BCUT2D eigenvalue weighted by Crippen LogP contribution is 2.29. The van der Waals surface area contributed by atoms with Gasteiger partial charge >= 0.3 is 0 Å².